The minimum Gasteiger partial charge on any atom is -0.490 e. The molecule has 0 fully saturated rings. The highest BCUT2D eigenvalue weighted by molar-refractivity contribution is 7.92. The van der Waals surface area contributed by atoms with Crippen LogP contribution in [0.4, 0.5) is 0 Å². The van der Waals surface area contributed by atoms with E-state index in [2.05, 4.69) is 10.1 Å². The number of fused-ring (bicyclic) bond motifs is 2. The molecule has 0 atom stereocenters. The first-order valence-corrected chi connectivity index (χ1v) is 10.6. The Morgan fingerprint density at radius 2 is 1.97 bits per heavy atom. The molecule has 8 nitrogen and oxygen atoms in total. The van der Waals surface area contributed by atoms with E-state index in [0.29, 0.717) is 5.65 Å². The van der Waals surface area contributed by atoms with Crippen LogP contribution in [0.3, 0.4) is 0 Å². The van der Waals surface area contributed by atoms with Crippen LogP contribution in [0.15, 0.2) is 53.9 Å². The highest BCUT2D eigenvalue weighted by Gasteiger charge is 2.34. The van der Waals surface area contributed by atoms with Gasteiger partial charge in [0.15, 0.2) is 9.84 Å². The number of nitrogens with zero attached hydrogens (tertiary/aromatic N) is 4. The number of ether oxygens (including phenoxy) is 1. The third-order valence-electron chi connectivity index (χ3n) is 4.71. The Morgan fingerprint density at radius 3 is 2.69 bits per heavy atom. The van der Waals surface area contributed by atoms with Gasteiger partial charge in [0.05, 0.1) is 28.8 Å². The summed E-state index contributed by atoms with van der Waals surface area (Å²) in [6.07, 6.45) is 6.81. The van der Waals surface area contributed by atoms with Crippen LogP contribution in [0, 0.1) is 0 Å². The first kappa shape index (κ1) is 19.4. The molecule has 1 N–H and O–H groups in total. The van der Waals surface area contributed by atoms with Crippen molar-refractivity contribution >= 4 is 21.0 Å². The van der Waals surface area contributed by atoms with Gasteiger partial charge in [-0.25, -0.2) is 17.9 Å². The number of aliphatic hydroxyl groups is 1. The Balaban J connectivity index is 1.94. The van der Waals surface area contributed by atoms with Gasteiger partial charge in [0.2, 0.25) is 0 Å². The number of pyridine rings is 2. The summed E-state index contributed by atoms with van der Waals surface area (Å²) in [5.74, 6) is 0.182. The van der Waals surface area contributed by atoms with Crippen LogP contribution in [0.2, 0.25) is 0 Å². The van der Waals surface area contributed by atoms with Gasteiger partial charge in [-0.3, -0.25) is 4.40 Å². The molecule has 0 aliphatic rings. The maximum atomic E-state index is 13.2. The monoisotopic (exact) mass is 414 g/mol. The number of aromatic nitrogens is 4. The van der Waals surface area contributed by atoms with Gasteiger partial charge >= 0.3 is 0 Å². The van der Waals surface area contributed by atoms with Gasteiger partial charge in [-0.15, -0.1) is 0 Å². The van der Waals surface area contributed by atoms with Crippen molar-refractivity contribution in [3.63, 3.8) is 0 Å². The fraction of sp³-hybridized carbons (Fsp3) is 0.300. The first-order chi connectivity index (χ1) is 13.7. The molecule has 4 heterocycles. The van der Waals surface area contributed by atoms with Crippen molar-refractivity contribution in [1.82, 2.24) is 19.0 Å². The fourth-order valence-electron chi connectivity index (χ4n) is 3.07. The van der Waals surface area contributed by atoms with Gasteiger partial charge in [0.1, 0.15) is 22.9 Å². The van der Waals surface area contributed by atoms with E-state index >= 15 is 0 Å². The molecule has 4 aromatic heterocycles. The van der Waals surface area contributed by atoms with Crippen molar-refractivity contribution in [3.8, 4) is 17.0 Å². The molecular weight excluding hydrogens is 392 g/mol. The van der Waals surface area contributed by atoms with Crippen LogP contribution in [-0.2, 0) is 9.84 Å². The van der Waals surface area contributed by atoms with Crippen molar-refractivity contribution in [1.29, 1.82) is 0 Å². The smallest absolute Gasteiger partial charge is 0.188 e. The molecule has 0 bridgehead atoms. The van der Waals surface area contributed by atoms with Crippen LogP contribution in [0.5, 0.6) is 5.75 Å². The molecule has 0 radical (unpaired) electrons. The average Bonchev–Trinajstić information content (AvgIpc) is 3.30. The van der Waals surface area contributed by atoms with E-state index in [0.717, 1.165) is 16.8 Å². The normalized spacial score (nSPS) is 12.7. The molecule has 0 unspecified atom stereocenters. The molecule has 0 aromatic carbocycles. The first-order valence-electron chi connectivity index (χ1n) is 9.15. The molecule has 0 amide bonds. The van der Waals surface area contributed by atoms with Crippen LogP contribution in [0.1, 0.15) is 20.8 Å². The van der Waals surface area contributed by atoms with Gasteiger partial charge in [-0.05, 0) is 39.0 Å². The second kappa shape index (κ2) is 6.85. The molecule has 9 heteroatoms. The third kappa shape index (κ3) is 3.26. The van der Waals surface area contributed by atoms with Gasteiger partial charge in [0.25, 0.3) is 0 Å². The zero-order chi connectivity index (χ0) is 20.8. The van der Waals surface area contributed by atoms with Gasteiger partial charge in [-0.1, -0.05) is 0 Å². The molecule has 152 valence electrons. The Labute approximate surface area is 168 Å². The van der Waals surface area contributed by atoms with Crippen LogP contribution in [-0.4, -0.2) is 50.5 Å². The summed E-state index contributed by atoms with van der Waals surface area (Å²) in [4.78, 5) is 4.47. The largest absolute Gasteiger partial charge is 0.490 e. The standard InChI is InChI=1S/C20H22N4O4S/c1-20(2,3)29(26,27)18-13-23-16(11-21-19(23)10-17(18)28-9-8-25)14-4-5-15-6-7-22-24(15)12-14/h4-7,10-13,25H,8-9H2,1-3H3. The number of sulfone groups is 1. The van der Waals surface area contributed by atoms with Crippen molar-refractivity contribution < 1.29 is 18.3 Å². The van der Waals surface area contributed by atoms with Gasteiger partial charge < -0.3 is 9.84 Å². The predicted molar refractivity (Wildman–Crippen MR) is 109 cm³/mol. The minimum absolute atomic E-state index is 0.00757. The number of rotatable bonds is 5. The molecular formula is C20H22N4O4S. The molecule has 0 saturated heterocycles. The van der Waals surface area contributed by atoms with E-state index < -0.39 is 14.6 Å². The summed E-state index contributed by atoms with van der Waals surface area (Å²) >= 11 is 0. The highest BCUT2D eigenvalue weighted by Crippen LogP contribution is 2.34. The molecule has 0 aliphatic carbocycles. The molecule has 4 rings (SSSR count). The Hall–Kier alpha value is -2.91. The minimum atomic E-state index is -3.70. The Morgan fingerprint density at radius 1 is 1.17 bits per heavy atom. The zero-order valence-corrected chi connectivity index (χ0v) is 17.2. The lowest BCUT2D eigenvalue weighted by molar-refractivity contribution is 0.198. The Bertz CT molecular complexity index is 1300. The number of imidazole rings is 1. The average molecular weight is 414 g/mol. The van der Waals surface area contributed by atoms with E-state index in [9.17, 15) is 8.42 Å². The van der Waals surface area contributed by atoms with E-state index in [1.165, 1.54) is 6.20 Å². The number of hydrogen-bond acceptors (Lipinski definition) is 6. The van der Waals surface area contributed by atoms with Crippen molar-refractivity contribution in [3.05, 3.63) is 49.1 Å². The van der Waals surface area contributed by atoms with Crippen LogP contribution < -0.4 is 4.74 Å². The summed E-state index contributed by atoms with van der Waals surface area (Å²) in [6.45, 7) is 4.70. The fourth-order valence-corrected chi connectivity index (χ4v) is 4.35. The second-order valence-electron chi connectivity index (χ2n) is 7.68. The Kier molecular flexibility index (Phi) is 4.59. The van der Waals surface area contributed by atoms with Crippen LogP contribution in [0.25, 0.3) is 22.4 Å². The van der Waals surface area contributed by atoms with E-state index in [4.69, 9.17) is 9.84 Å². The maximum Gasteiger partial charge on any atom is 0.188 e. The highest BCUT2D eigenvalue weighted by atomic mass is 32.2. The van der Waals surface area contributed by atoms with Crippen molar-refractivity contribution in [2.45, 2.75) is 30.4 Å². The number of aliphatic hydroxyl groups excluding tert-OH is 1. The van der Waals surface area contributed by atoms with Crippen molar-refractivity contribution in [2.24, 2.45) is 0 Å². The lowest BCUT2D eigenvalue weighted by atomic mass is 10.2. The second-order valence-corrected chi connectivity index (χ2v) is 10.4. The lowest BCUT2D eigenvalue weighted by Gasteiger charge is -2.21. The van der Waals surface area contributed by atoms with Gasteiger partial charge in [0, 0.05) is 30.2 Å². The molecule has 29 heavy (non-hydrogen) atoms. The summed E-state index contributed by atoms with van der Waals surface area (Å²) < 4.78 is 34.4. The van der Waals surface area contributed by atoms with Gasteiger partial charge in [-0.2, -0.15) is 5.10 Å². The molecule has 0 aliphatic heterocycles. The number of hydrogen-bond donors (Lipinski definition) is 1. The van der Waals surface area contributed by atoms with E-state index in [1.807, 2.05) is 24.4 Å². The van der Waals surface area contributed by atoms with Crippen molar-refractivity contribution in [2.75, 3.05) is 13.2 Å². The topological polar surface area (TPSA) is 98.2 Å². The maximum absolute atomic E-state index is 13.2. The quantitative estimate of drug-likeness (QED) is 0.539. The zero-order valence-electron chi connectivity index (χ0n) is 16.4. The predicted octanol–water partition coefficient (Wildman–Crippen LogP) is 2.59. The SMILES string of the molecule is CC(C)(C)S(=O)(=O)c1cn2c(-c3ccc4ccnn4c3)cnc2cc1OCCO. The summed E-state index contributed by atoms with van der Waals surface area (Å²) in [7, 11) is -3.70. The lowest BCUT2D eigenvalue weighted by Crippen LogP contribution is -2.28. The molecule has 0 saturated carbocycles. The molecule has 4 aromatic rings. The summed E-state index contributed by atoms with van der Waals surface area (Å²) in [5, 5.41) is 13.4. The summed E-state index contributed by atoms with van der Waals surface area (Å²) in [5.41, 5.74) is 3.08. The molecule has 0 spiro atoms. The third-order valence-corrected chi connectivity index (χ3v) is 7.21. The van der Waals surface area contributed by atoms with E-state index in [-0.39, 0.29) is 23.9 Å². The van der Waals surface area contributed by atoms with Crippen LogP contribution >= 0.6 is 0 Å². The van der Waals surface area contributed by atoms with E-state index in [1.54, 1.807) is 48.1 Å². The summed E-state index contributed by atoms with van der Waals surface area (Å²) in [6, 6.07) is 7.36.